The van der Waals surface area contributed by atoms with E-state index in [1.165, 1.54) is 36.8 Å². The zero-order chi connectivity index (χ0) is 16.1. The fourth-order valence-electron chi connectivity index (χ4n) is 3.89. The van der Waals surface area contributed by atoms with Gasteiger partial charge in [0.15, 0.2) is 0 Å². The first-order chi connectivity index (χ1) is 11.2. The standard InChI is InChI=1S/C20H30N2O/c1-17-6-8-19(9-7-17)16-21-12-14-22(15-13-21)20(23)11-10-18-4-2-3-5-18/h6-9,18H,2-5,10-16H2,1H3. The maximum atomic E-state index is 12.4. The minimum atomic E-state index is 0.381. The third kappa shape index (κ3) is 4.81. The van der Waals surface area contributed by atoms with Gasteiger partial charge in [-0.15, -0.1) is 0 Å². The Kier molecular flexibility index (Phi) is 5.71. The average Bonchev–Trinajstić information content (AvgIpc) is 3.09. The molecule has 2 aliphatic rings. The van der Waals surface area contributed by atoms with Gasteiger partial charge in [0.1, 0.15) is 0 Å². The van der Waals surface area contributed by atoms with Crippen molar-refractivity contribution >= 4 is 5.91 Å². The minimum Gasteiger partial charge on any atom is -0.340 e. The summed E-state index contributed by atoms with van der Waals surface area (Å²) in [5.74, 6) is 1.20. The first kappa shape index (κ1) is 16.5. The van der Waals surface area contributed by atoms with Gasteiger partial charge in [-0.2, -0.15) is 0 Å². The Morgan fingerprint density at radius 3 is 2.35 bits per heavy atom. The highest BCUT2D eigenvalue weighted by Crippen LogP contribution is 2.28. The number of amides is 1. The Balaban J connectivity index is 1.39. The molecule has 0 radical (unpaired) electrons. The van der Waals surface area contributed by atoms with Gasteiger partial charge >= 0.3 is 0 Å². The number of aryl methyl sites for hydroxylation is 1. The summed E-state index contributed by atoms with van der Waals surface area (Å²) in [6.07, 6.45) is 7.31. The molecule has 0 N–H and O–H groups in total. The first-order valence-corrected chi connectivity index (χ1v) is 9.26. The maximum absolute atomic E-state index is 12.4. The van der Waals surface area contributed by atoms with Gasteiger partial charge in [-0.25, -0.2) is 0 Å². The number of piperazine rings is 1. The van der Waals surface area contributed by atoms with Crippen LogP contribution in [0.3, 0.4) is 0 Å². The normalized spacial score (nSPS) is 20.1. The Morgan fingerprint density at radius 1 is 1.04 bits per heavy atom. The zero-order valence-corrected chi connectivity index (χ0v) is 14.5. The molecule has 0 bridgehead atoms. The summed E-state index contributed by atoms with van der Waals surface area (Å²) < 4.78 is 0. The van der Waals surface area contributed by atoms with Crippen molar-refractivity contribution in [3.8, 4) is 0 Å². The van der Waals surface area contributed by atoms with Crippen molar-refractivity contribution in [2.45, 2.75) is 52.0 Å². The number of benzene rings is 1. The second-order valence-corrected chi connectivity index (χ2v) is 7.33. The molecule has 1 aromatic carbocycles. The summed E-state index contributed by atoms with van der Waals surface area (Å²) in [6, 6.07) is 8.79. The molecule has 1 aromatic rings. The van der Waals surface area contributed by atoms with Gasteiger partial charge in [0.2, 0.25) is 5.91 Å². The monoisotopic (exact) mass is 314 g/mol. The lowest BCUT2D eigenvalue weighted by Gasteiger charge is -2.35. The largest absolute Gasteiger partial charge is 0.340 e. The van der Waals surface area contributed by atoms with Crippen molar-refractivity contribution in [1.29, 1.82) is 0 Å². The third-order valence-electron chi connectivity index (χ3n) is 5.49. The van der Waals surface area contributed by atoms with Gasteiger partial charge in [0.05, 0.1) is 0 Å². The molecule has 1 heterocycles. The molecule has 23 heavy (non-hydrogen) atoms. The van der Waals surface area contributed by atoms with E-state index < -0.39 is 0 Å². The number of hydrogen-bond acceptors (Lipinski definition) is 2. The van der Waals surface area contributed by atoms with Crippen molar-refractivity contribution in [2.24, 2.45) is 5.92 Å². The van der Waals surface area contributed by atoms with Gasteiger partial charge in [-0.05, 0) is 24.8 Å². The summed E-state index contributed by atoms with van der Waals surface area (Å²) in [5.41, 5.74) is 2.68. The van der Waals surface area contributed by atoms with E-state index in [1.807, 2.05) is 0 Å². The number of rotatable bonds is 5. The number of carbonyl (C=O) groups excluding carboxylic acids is 1. The highest BCUT2D eigenvalue weighted by molar-refractivity contribution is 5.76. The second-order valence-electron chi connectivity index (χ2n) is 7.33. The molecule has 1 aliphatic carbocycles. The first-order valence-electron chi connectivity index (χ1n) is 9.26. The lowest BCUT2D eigenvalue weighted by Crippen LogP contribution is -2.48. The van der Waals surface area contributed by atoms with E-state index in [1.54, 1.807) is 0 Å². The van der Waals surface area contributed by atoms with E-state index in [4.69, 9.17) is 0 Å². The maximum Gasteiger partial charge on any atom is 0.222 e. The van der Waals surface area contributed by atoms with E-state index >= 15 is 0 Å². The summed E-state index contributed by atoms with van der Waals surface area (Å²) in [7, 11) is 0. The van der Waals surface area contributed by atoms with Crippen molar-refractivity contribution in [1.82, 2.24) is 9.80 Å². The van der Waals surface area contributed by atoms with Crippen LogP contribution >= 0.6 is 0 Å². The van der Waals surface area contributed by atoms with Crippen LogP contribution in [0.1, 0.15) is 49.7 Å². The fraction of sp³-hybridized carbons (Fsp3) is 0.650. The van der Waals surface area contributed by atoms with Crippen molar-refractivity contribution in [3.05, 3.63) is 35.4 Å². The summed E-state index contributed by atoms with van der Waals surface area (Å²) in [4.78, 5) is 16.9. The Morgan fingerprint density at radius 2 is 1.70 bits per heavy atom. The van der Waals surface area contributed by atoms with Crippen molar-refractivity contribution in [3.63, 3.8) is 0 Å². The zero-order valence-electron chi connectivity index (χ0n) is 14.5. The van der Waals surface area contributed by atoms with E-state index in [2.05, 4.69) is 41.0 Å². The van der Waals surface area contributed by atoms with Crippen LogP contribution < -0.4 is 0 Å². The summed E-state index contributed by atoms with van der Waals surface area (Å²) in [5, 5.41) is 0. The molecule has 2 fully saturated rings. The van der Waals surface area contributed by atoms with E-state index in [0.29, 0.717) is 5.91 Å². The topological polar surface area (TPSA) is 23.6 Å². The summed E-state index contributed by atoms with van der Waals surface area (Å²) >= 11 is 0. The predicted octanol–water partition coefficient (Wildman–Crippen LogP) is 3.61. The highest BCUT2D eigenvalue weighted by atomic mass is 16.2. The molecule has 3 rings (SSSR count). The molecular weight excluding hydrogens is 284 g/mol. The predicted molar refractivity (Wildman–Crippen MR) is 94.2 cm³/mol. The van der Waals surface area contributed by atoms with Gasteiger partial charge in [-0.3, -0.25) is 9.69 Å². The number of nitrogens with zero attached hydrogens (tertiary/aromatic N) is 2. The van der Waals surface area contributed by atoms with Gasteiger partial charge in [0.25, 0.3) is 0 Å². The van der Waals surface area contributed by atoms with Crippen LogP contribution in [0.4, 0.5) is 0 Å². The molecule has 1 amide bonds. The minimum absolute atomic E-state index is 0.381. The molecular formula is C20H30N2O. The third-order valence-corrected chi connectivity index (χ3v) is 5.49. The van der Waals surface area contributed by atoms with Gasteiger partial charge in [-0.1, -0.05) is 55.5 Å². The van der Waals surface area contributed by atoms with E-state index in [0.717, 1.165) is 51.5 Å². The number of carbonyl (C=O) groups is 1. The molecule has 1 aliphatic heterocycles. The lowest BCUT2D eigenvalue weighted by molar-refractivity contribution is -0.133. The SMILES string of the molecule is Cc1ccc(CN2CCN(C(=O)CCC3CCCC3)CC2)cc1. The molecule has 3 nitrogen and oxygen atoms in total. The smallest absolute Gasteiger partial charge is 0.222 e. The van der Waals surface area contributed by atoms with Crippen molar-refractivity contribution < 1.29 is 4.79 Å². The van der Waals surface area contributed by atoms with Crippen LogP contribution in [-0.4, -0.2) is 41.9 Å². The fourth-order valence-corrected chi connectivity index (χ4v) is 3.89. The molecule has 1 saturated carbocycles. The second kappa shape index (κ2) is 7.96. The molecule has 0 unspecified atom stereocenters. The van der Waals surface area contributed by atoms with E-state index in [9.17, 15) is 4.79 Å². The highest BCUT2D eigenvalue weighted by Gasteiger charge is 2.22. The molecule has 126 valence electrons. The van der Waals surface area contributed by atoms with Crippen LogP contribution in [-0.2, 0) is 11.3 Å². The molecule has 0 aromatic heterocycles. The average molecular weight is 314 g/mol. The molecule has 0 spiro atoms. The van der Waals surface area contributed by atoms with Crippen molar-refractivity contribution in [2.75, 3.05) is 26.2 Å². The molecule has 3 heteroatoms. The Bertz CT molecular complexity index is 497. The van der Waals surface area contributed by atoms with Crippen LogP contribution in [0.25, 0.3) is 0 Å². The van der Waals surface area contributed by atoms with Crippen LogP contribution in [0.15, 0.2) is 24.3 Å². The van der Waals surface area contributed by atoms with Gasteiger partial charge in [0, 0.05) is 39.1 Å². The van der Waals surface area contributed by atoms with Crippen LogP contribution in [0.2, 0.25) is 0 Å². The lowest BCUT2D eigenvalue weighted by atomic mass is 10.0. The number of hydrogen-bond donors (Lipinski definition) is 0. The van der Waals surface area contributed by atoms with Crippen LogP contribution in [0.5, 0.6) is 0 Å². The quantitative estimate of drug-likeness (QED) is 0.829. The summed E-state index contributed by atoms with van der Waals surface area (Å²) in [6.45, 7) is 6.93. The van der Waals surface area contributed by atoms with Gasteiger partial charge < -0.3 is 4.90 Å². The van der Waals surface area contributed by atoms with E-state index in [-0.39, 0.29) is 0 Å². The Hall–Kier alpha value is -1.35. The Labute approximate surface area is 140 Å². The molecule has 1 saturated heterocycles. The van der Waals surface area contributed by atoms with Crippen LogP contribution in [0, 0.1) is 12.8 Å². The molecule has 0 atom stereocenters.